The highest BCUT2D eigenvalue weighted by molar-refractivity contribution is 14.0. The molecule has 1 aromatic carbocycles. The molecule has 0 bridgehead atoms. The zero-order valence-electron chi connectivity index (χ0n) is 17.7. The summed E-state index contributed by atoms with van der Waals surface area (Å²) in [5, 5.41) is 6.87. The number of amides is 1. The van der Waals surface area contributed by atoms with Gasteiger partial charge in [-0.05, 0) is 51.1 Å². The Balaban J connectivity index is 0.00000300. The van der Waals surface area contributed by atoms with Crippen LogP contribution in [0.2, 0.25) is 0 Å². The second-order valence-electron chi connectivity index (χ2n) is 7.83. The maximum Gasteiger partial charge on any atom is 0.227 e. The Morgan fingerprint density at radius 3 is 2.45 bits per heavy atom. The number of guanidine groups is 1. The van der Waals surface area contributed by atoms with Crippen LogP contribution < -0.4 is 15.5 Å². The van der Waals surface area contributed by atoms with Gasteiger partial charge in [0.2, 0.25) is 5.91 Å². The topological polar surface area (TPSA) is 69.2 Å². The minimum atomic E-state index is 0. The van der Waals surface area contributed by atoms with Crippen molar-refractivity contribution in [3.05, 3.63) is 29.8 Å². The zero-order chi connectivity index (χ0) is 20.0. The van der Waals surface area contributed by atoms with Crippen molar-refractivity contribution in [2.45, 2.75) is 37.8 Å². The average molecular weight is 515 g/mol. The number of nitrogens with one attached hydrogen (secondary N) is 2. The van der Waals surface area contributed by atoms with E-state index >= 15 is 0 Å². The van der Waals surface area contributed by atoms with Crippen LogP contribution in [0.3, 0.4) is 0 Å². The molecular formula is C21H34IN5O2. The van der Waals surface area contributed by atoms with Crippen LogP contribution in [0.1, 0.15) is 31.2 Å². The van der Waals surface area contributed by atoms with E-state index in [1.54, 1.807) is 7.05 Å². The number of likely N-dealkylation sites (N-methyl/N-ethyl adjacent to an activating group) is 1. The van der Waals surface area contributed by atoms with Gasteiger partial charge in [-0.25, -0.2) is 0 Å². The molecule has 2 saturated heterocycles. The number of anilines is 1. The minimum Gasteiger partial charge on any atom is -0.381 e. The lowest BCUT2D eigenvalue weighted by molar-refractivity contribution is -0.117. The Hall–Kier alpha value is -1.39. The smallest absolute Gasteiger partial charge is 0.227 e. The Morgan fingerprint density at radius 2 is 1.90 bits per heavy atom. The van der Waals surface area contributed by atoms with E-state index in [9.17, 15) is 4.79 Å². The number of nitrogens with zero attached hydrogens (tertiary/aromatic N) is 3. The highest BCUT2D eigenvalue weighted by atomic mass is 127. The van der Waals surface area contributed by atoms with E-state index in [4.69, 9.17) is 4.74 Å². The summed E-state index contributed by atoms with van der Waals surface area (Å²) in [6.45, 7) is 3.95. The Morgan fingerprint density at radius 1 is 1.21 bits per heavy atom. The third kappa shape index (κ3) is 6.05. The minimum absolute atomic E-state index is 0. The summed E-state index contributed by atoms with van der Waals surface area (Å²) >= 11 is 0. The predicted molar refractivity (Wildman–Crippen MR) is 128 cm³/mol. The van der Waals surface area contributed by atoms with Crippen molar-refractivity contribution in [3.8, 4) is 0 Å². The summed E-state index contributed by atoms with van der Waals surface area (Å²) in [4.78, 5) is 20.4. The fraction of sp³-hybridized carbons (Fsp3) is 0.619. The fourth-order valence-corrected chi connectivity index (χ4v) is 3.90. The zero-order valence-corrected chi connectivity index (χ0v) is 20.1. The van der Waals surface area contributed by atoms with E-state index in [1.165, 1.54) is 0 Å². The van der Waals surface area contributed by atoms with Gasteiger partial charge < -0.3 is 25.2 Å². The number of rotatable bonds is 6. The van der Waals surface area contributed by atoms with Gasteiger partial charge in [0.15, 0.2) is 5.96 Å². The van der Waals surface area contributed by atoms with Crippen LogP contribution in [-0.2, 0) is 16.1 Å². The van der Waals surface area contributed by atoms with E-state index in [-0.39, 0.29) is 35.4 Å². The molecular weight excluding hydrogens is 481 g/mol. The van der Waals surface area contributed by atoms with Crippen molar-refractivity contribution in [3.63, 3.8) is 0 Å². The van der Waals surface area contributed by atoms with Gasteiger partial charge in [0.05, 0.1) is 0 Å². The first-order valence-electron chi connectivity index (χ1n) is 10.1. The molecule has 2 aliphatic heterocycles. The second kappa shape index (κ2) is 11.1. The van der Waals surface area contributed by atoms with Crippen LogP contribution in [0.15, 0.2) is 29.3 Å². The summed E-state index contributed by atoms with van der Waals surface area (Å²) in [5.41, 5.74) is 2.24. The fourth-order valence-electron chi connectivity index (χ4n) is 3.90. The summed E-state index contributed by atoms with van der Waals surface area (Å²) in [6.07, 6.45) is 3.64. The third-order valence-electron chi connectivity index (χ3n) is 5.96. The van der Waals surface area contributed by atoms with Crippen molar-refractivity contribution in [1.82, 2.24) is 15.5 Å². The van der Waals surface area contributed by atoms with Gasteiger partial charge in [-0.2, -0.15) is 0 Å². The molecule has 2 aliphatic rings. The summed E-state index contributed by atoms with van der Waals surface area (Å²) < 4.78 is 5.54. The molecule has 1 amide bonds. The molecule has 29 heavy (non-hydrogen) atoms. The molecule has 0 radical (unpaired) electrons. The maximum atomic E-state index is 11.9. The predicted octanol–water partition coefficient (Wildman–Crippen LogP) is 2.21. The van der Waals surface area contributed by atoms with Gasteiger partial charge in [0, 0.05) is 57.5 Å². The van der Waals surface area contributed by atoms with Gasteiger partial charge in [-0.15, -0.1) is 24.0 Å². The van der Waals surface area contributed by atoms with Crippen molar-refractivity contribution in [2.75, 3.05) is 52.3 Å². The van der Waals surface area contributed by atoms with E-state index in [2.05, 4.69) is 46.8 Å². The standard InChI is InChI=1S/C21H33N5O2.HI/c1-22-20(24-16-21(25(2)3)10-13-28-14-11-21)23-15-17-6-8-18(9-7-17)26-12-4-5-19(26)27;/h6-9H,4-5,10-16H2,1-3H3,(H2,22,23,24);1H. The number of ether oxygens (including phenoxy) is 1. The number of halogens is 1. The molecule has 2 heterocycles. The average Bonchev–Trinajstić information content (AvgIpc) is 3.15. The first-order valence-corrected chi connectivity index (χ1v) is 10.1. The quantitative estimate of drug-likeness (QED) is 0.346. The van der Waals surface area contributed by atoms with Gasteiger partial charge >= 0.3 is 0 Å². The first kappa shape index (κ1) is 23.9. The molecule has 0 atom stereocenters. The van der Waals surface area contributed by atoms with Crippen LogP contribution in [0, 0.1) is 0 Å². The van der Waals surface area contributed by atoms with E-state index in [1.807, 2.05) is 17.0 Å². The van der Waals surface area contributed by atoms with Crippen LogP contribution in [0.4, 0.5) is 5.69 Å². The number of hydrogen-bond acceptors (Lipinski definition) is 4. The maximum absolute atomic E-state index is 11.9. The lowest BCUT2D eigenvalue weighted by atomic mass is 9.88. The van der Waals surface area contributed by atoms with Crippen molar-refractivity contribution in [2.24, 2.45) is 4.99 Å². The van der Waals surface area contributed by atoms with E-state index < -0.39 is 0 Å². The molecule has 1 aromatic rings. The number of carbonyl (C=O) groups is 1. The van der Waals surface area contributed by atoms with Crippen molar-refractivity contribution < 1.29 is 9.53 Å². The van der Waals surface area contributed by atoms with Crippen LogP contribution in [0.5, 0.6) is 0 Å². The van der Waals surface area contributed by atoms with E-state index in [0.29, 0.717) is 13.0 Å². The monoisotopic (exact) mass is 515 g/mol. The SMILES string of the molecule is CN=C(NCc1ccc(N2CCCC2=O)cc1)NCC1(N(C)C)CCOCC1.I. The Bertz CT molecular complexity index is 687. The van der Waals surface area contributed by atoms with Crippen molar-refractivity contribution in [1.29, 1.82) is 0 Å². The molecule has 3 rings (SSSR count). The highest BCUT2D eigenvalue weighted by Gasteiger charge is 2.34. The molecule has 7 nitrogen and oxygen atoms in total. The molecule has 8 heteroatoms. The van der Waals surface area contributed by atoms with Crippen LogP contribution in [0.25, 0.3) is 0 Å². The lowest BCUT2D eigenvalue weighted by Gasteiger charge is -2.43. The molecule has 162 valence electrons. The molecule has 0 saturated carbocycles. The molecule has 2 N–H and O–H groups in total. The summed E-state index contributed by atoms with van der Waals surface area (Å²) in [5.74, 6) is 1.02. The van der Waals surface area contributed by atoms with Gasteiger partial charge in [-0.1, -0.05) is 12.1 Å². The third-order valence-corrected chi connectivity index (χ3v) is 5.96. The Labute approximate surface area is 191 Å². The molecule has 0 aliphatic carbocycles. The van der Waals surface area contributed by atoms with Gasteiger partial charge in [-0.3, -0.25) is 9.79 Å². The number of benzene rings is 1. The molecule has 0 spiro atoms. The molecule has 0 unspecified atom stereocenters. The number of aliphatic imine (C=N–C) groups is 1. The molecule has 0 aromatic heterocycles. The van der Waals surface area contributed by atoms with Gasteiger partial charge in [0.25, 0.3) is 0 Å². The lowest BCUT2D eigenvalue weighted by Crippen LogP contribution is -2.57. The number of carbonyl (C=O) groups excluding carboxylic acids is 1. The Kier molecular flexibility index (Phi) is 9.16. The van der Waals surface area contributed by atoms with Crippen LogP contribution >= 0.6 is 24.0 Å². The second-order valence-corrected chi connectivity index (χ2v) is 7.83. The van der Waals surface area contributed by atoms with E-state index in [0.717, 1.165) is 62.8 Å². The summed E-state index contributed by atoms with van der Waals surface area (Å²) in [6, 6.07) is 8.20. The number of hydrogen-bond donors (Lipinski definition) is 2. The van der Waals surface area contributed by atoms with Crippen molar-refractivity contribution >= 4 is 41.5 Å². The normalized spacial score (nSPS) is 19.2. The van der Waals surface area contributed by atoms with Gasteiger partial charge in [0.1, 0.15) is 0 Å². The summed E-state index contributed by atoms with van der Waals surface area (Å²) in [7, 11) is 6.06. The molecule has 2 fully saturated rings. The highest BCUT2D eigenvalue weighted by Crippen LogP contribution is 2.25. The first-order chi connectivity index (χ1) is 13.5. The largest absolute Gasteiger partial charge is 0.381 e. The van der Waals surface area contributed by atoms with Crippen LogP contribution in [-0.4, -0.2) is 69.8 Å².